The van der Waals surface area contributed by atoms with E-state index >= 15 is 0 Å². The van der Waals surface area contributed by atoms with Gasteiger partial charge in [-0.05, 0) is 57.2 Å². The van der Waals surface area contributed by atoms with Crippen molar-refractivity contribution in [3.05, 3.63) is 29.8 Å². The van der Waals surface area contributed by atoms with E-state index in [0.717, 1.165) is 43.8 Å². The molecule has 1 aromatic carbocycles. The standard InChI is InChI=1S/C20H30N2O2/c1-3-14-24-18-7-5-4-6-17(18)16(2)22-15-20(9-8-19(22)23)10-12-21-13-11-20/h4-7,16,21H,3,8-15H2,1-2H3. The van der Waals surface area contributed by atoms with Crippen molar-refractivity contribution >= 4 is 5.91 Å². The number of benzene rings is 1. The summed E-state index contributed by atoms with van der Waals surface area (Å²) in [5, 5.41) is 3.45. The maximum absolute atomic E-state index is 12.6. The largest absolute Gasteiger partial charge is 0.493 e. The molecule has 2 heterocycles. The molecule has 2 fully saturated rings. The monoisotopic (exact) mass is 330 g/mol. The van der Waals surface area contributed by atoms with Crippen LogP contribution >= 0.6 is 0 Å². The Morgan fingerprint density at radius 3 is 2.75 bits per heavy atom. The van der Waals surface area contributed by atoms with Gasteiger partial charge in [-0.2, -0.15) is 0 Å². The minimum atomic E-state index is 0.0672. The molecule has 0 aliphatic carbocycles. The molecule has 1 aromatic rings. The maximum Gasteiger partial charge on any atom is 0.223 e. The summed E-state index contributed by atoms with van der Waals surface area (Å²) in [6.07, 6.45) is 5.07. The Bertz CT molecular complexity index is 567. The number of carbonyl (C=O) groups is 1. The third-order valence-corrected chi connectivity index (χ3v) is 5.66. The lowest BCUT2D eigenvalue weighted by molar-refractivity contribution is -0.141. The lowest BCUT2D eigenvalue weighted by atomic mass is 9.72. The van der Waals surface area contributed by atoms with Gasteiger partial charge in [0.05, 0.1) is 12.6 Å². The molecule has 4 nitrogen and oxygen atoms in total. The highest BCUT2D eigenvalue weighted by Crippen LogP contribution is 2.42. The SMILES string of the molecule is CCCOc1ccccc1C(C)N1CC2(CCNCC2)CCC1=O. The summed E-state index contributed by atoms with van der Waals surface area (Å²) < 4.78 is 5.92. The molecule has 24 heavy (non-hydrogen) atoms. The van der Waals surface area contributed by atoms with Gasteiger partial charge in [0.2, 0.25) is 5.91 Å². The Morgan fingerprint density at radius 2 is 2.00 bits per heavy atom. The Hall–Kier alpha value is -1.55. The van der Waals surface area contributed by atoms with E-state index < -0.39 is 0 Å². The fourth-order valence-corrected chi connectivity index (χ4v) is 4.10. The fraction of sp³-hybridized carbons (Fsp3) is 0.650. The average Bonchev–Trinajstić information content (AvgIpc) is 2.63. The Labute approximate surface area is 145 Å². The summed E-state index contributed by atoms with van der Waals surface area (Å²) in [6, 6.07) is 8.24. The van der Waals surface area contributed by atoms with Crippen molar-refractivity contribution < 1.29 is 9.53 Å². The molecule has 0 radical (unpaired) electrons. The van der Waals surface area contributed by atoms with E-state index in [4.69, 9.17) is 4.74 Å². The van der Waals surface area contributed by atoms with Gasteiger partial charge >= 0.3 is 0 Å². The van der Waals surface area contributed by atoms with Crippen molar-refractivity contribution in [3.63, 3.8) is 0 Å². The zero-order valence-electron chi connectivity index (χ0n) is 15.0. The molecule has 1 amide bonds. The van der Waals surface area contributed by atoms with Crippen LogP contribution in [0.15, 0.2) is 24.3 Å². The van der Waals surface area contributed by atoms with Crippen molar-refractivity contribution in [2.24, 2.45) is 5.41 Å². The number of carbonyl (C=O) groups excluding carboxylic acids is 1. The molecule has 1 spiro atoms. The number of nitrogens with zero attached hydrogens (tertiary/aromatic N) is 1. The van der Waals surface area contributed by atoms with E-state index in [1.54, 1.807) is 0 Å². The van der Waals surface area contributed by atoms with Crippen molar-refractivity contribution in [1.82, 2.24) is 10.2 Å². The van der Waals surface area contributed by atoms with E-state index in [0.29, 0.717) is 18.4 Å². The van der Waals surface area contributed by atoms with Crippen LogP contribution < -0.4 is 10.1 Å². The fourth-order valence-electron chi connectivity index (χ4n) is 4.10. The third-order valence-electron chi connectivity index (χ3n) is 5.66. The molecule has 132 valence electrons. The van der Waals surface area contributed by atoms with Crippen LogP contribution in [0.5, 0.6) is 5.75 Å². The first kappa shape index (κ1) is 17.3. The van der Waals surface area contributed by atoms with Crippen LogP contribution in [0.1, 0.15) is 57.6 Å². The molecule has 1 atom stereocenters. The van der Waals surface area contributed by atoms with Crippen LogP contribution in [0.2, 0.25) is 0 Å². The maximum atomic E-state index is 12.6. The zero-order chi connectivity index (χ0) is 17.0. The van der Waals surface area contributed by atoms with Crippen molar-refractivity contribution in [1.29, 1.82) is 0 Å². The third kappa shape index (κ3) is 3.59. The molecule has 2 aliphatic rings. The second kappa shape index (κ2) is 7.56. The second-order valence-electron chi connectivity index (χ2n) is 7.33. The highest BCUT2D eigenvalue weighted by molar-refractivity contribution is 5.78. The summed E-state index contributed by atoms with van der Waals surface area (Å²) in [5.74, 6) is 1.21. The van der Waals surface area contributed by atoms with E-state index in [-0.39, 0.29) is 11.9 Å². The first-order chi connectivity index (χ1) is 11.7. The highest BCUT2D eigenvalue weighted by atomic mass is 16.5. The van der Waals surface area contributed by atoms with Gasteiger partial charge in [0.1, 0.15) is 5.75 Å². The molecule has 0 bridgehead atoms. The van der Waals surface area contributed by atoms with Gasteiger partial charge in [0.25, 0.3) is 0 Å². The summed E-state index contributed by atoms with van der Waals surface area (Å²) in [7, 11) is 0. The molecule has 0 saturated carbocycles. The first-order valence-electron chi connectivity index (χ1n) is 9.37. The van der Waals surface area contributed by atoms with Crippen molar-refractivity contribution in [3.8, 4) is 5.75 Å². The molecular formula is C20H30N2O2. The van der Waals surface area contributed by atoms with Crippen LogP contribution in [-0.4, -0.2) is 37.0 Å². The normalized spacial score (nSPS) is 21.8. The Balaban J connectivity index is 1.80. The summed E-state index contributed by atoms with van der Waals surface area (Å²) in [5.41, 5.74) is 1.44. The van der Waals surface area contributed by atoms with Gasteiger partial charge in [-0.3, -0.25) is 4.79 Å². The molecule has 1 unspecified atom stereocenters. The predicted molar refractivity (Wildman–Crippen MR) is 96.1 cm³/mol. The lowest BCUT2D eigenvalue weighted by Crippen LogP contribution is -2.51. The Morgan fingerprint density at radius 1 is 1.25 bits per heavy atom. The molecular weight excluding hydrogens is 300 g/mol. The highest BCUT2D eigenvalue weighted by Gasteiger charge is 2.41. The molecule has 1 N–H and O–H groups in total. The number of rotatable bonds is 5. The molecule has 2 saturated heterocycles. The van der Waals surface area contributed by atoms with Gasteiger partial charge in [0, 0.05) is 18.5 Å². The quantitative estimate of drug-likeness (QED) is 0.898. The van der Waals surface area contributed by atoms with Gasteiger partial charge in [-0.1, -0.05) is 25.1 Å². The number of nitrogens with one attached hydrogen (secondary N) is 1. The summed E-state index contributed by atoms with van der Waals surface area (Å²) in [4.78, 5) is 14.7. The van der Waals surface area contributed by atoms with Crippen LogP contribution in [0.4, 0.5) is 0 Å². The number of piperidine rings is 2. The molecule has 0 aromatic heterocycles. The second-order valence-corrected chi connectivity index (χ2v) is 7.33. The first-order valence-corrected chi connectivity index (χ1v) is 9.37. The van der Waals surface area contributed by atoms with E-state index in [1.807, 2.05) is 18.2 Å². The number of likely N-dealkylation sites (tertiary alicyclic amines) is 1. The molecule has 3 rings (SSSR count). The number of hydrogen-bond donors (Lipinski definition) is 1. The summed E-state index contributed by atoms with van der Waals surface area (Å²) >= 11 is 0. The number of para-hydroxylation sites is 1. The summed E-state index contributed by atoms with van der Waals surface area (Å²) in [6.45, 7) is 8.01. The van der Waals surface area contributed by atoms with Gasteiger partial charge in [-0.25, -0.2) is 0 Å². The number of amides is 1. The minimum Gasteiger partial charge on any atom is -0.493 e. The number of ether oxygens (including phenoxy) is 1. The lowest BCUT2D eigenvalue weighted by Gasteiger charge is -2.47. The zero-order valence-corrected chi connectivity index (χ0v) is 15.0. The van der Waals surface area contributed by atoms with E-state index in [2.05, 4.69) is 30.1 Å². The predicted octanol–water partition coefficient (Wildman–Crippen LogP) is 3.53. The van der Waals surface area contributed by atoms with Crippen LogP contribution in [-0.2, 0) is 4.79 Å². The van der Waals surface area contributed by atoms with Crippen LogP contribution in [0, 0.1) is 5.41 Å². The van der Waals surface area contributed by atoms with Gasteiger partial charge < -0.3 is 15.0 Å². The Kier molecular flexibility index (Phi) is 5.44. The molecule has 4 heteroatoms. The van der Waals surface area contributed by atoms with E-state index in [9.17, 15) is 4.79 Å². The van der Waals surface area contributed by atoms with Gasteiger partial charge in [-0.15, -0.1) is 0 Å². The minimum absolute atomic E-state index is 0.0672. The van der Waals surface area contributed by atoms with Gasteiger partial charge in [0.15, 0.2) is 0 Å². The van der Waals surface area contributed by atoms with Crippen LogP contribution in [0.3, 0.4) is 0 Å². The topological polar surface area (TPSA) is 41.6 Å². The van der Waals surface area contributed by atoms with Crippen molar-refractivity contribution in [2.45, 2.75) is 52.0 Å². The average molecular weight is 330 g/mol. The smallest absolute Gasteiger partial charge is 0.223 e. The number of hydrogen-bond acceptors (Lipinski definition) is 3. The molecule has 2 aliphatic heterocycles. The van der Waals surface area contributed by atoms with Crippen LogP contribution in [0.25, 0.3) is 0 Å². The van der Waals surface area contributed by atoms with Crippen molar-refractivity contribution in [2.75, 3.05) is 26.2 Å². The van der Waals surface area contributed by atoms with E-state index in [1.165, 1.54) is 12.8 Å².